The average Bonchev–Trinajstić information content (AvgIpc) is 3.37. The number of amides is 1. The van der Waals surface area contributed by atoms with Gasteiger partial charge >= 0.3 is 0 Å². The molecule has 3 aromatic heterocycles. The lowest BCUT2D eigenvalue weighted by Crippen LogP contribution is -2.13. The van der Waals surface area contributed by atoms with Crippen molar-refractivity contribution in [1.82, 2.24) is 24.5 Å². The number of aryl methyl sites for hydroxylation is 3. The number of hydrogen-bond donors (Lipinski definition) is 2. The molecule has 178 valence electrons. The summed E-state index contributed by atoms with van der Waals surface area (Å²) in [5, 5.41) is 5.72. The highest BCUT2D eigenvalue weighted by molar-refractivity contribution is 6.05. The van der Waals surface area contributed by atoms with Crippen LogP contribution >= 0.6 is 0 Å². The first-order valence-corrected chi connectivity index (χ1v) is 10.9. The minimum absolute atomic E-state index is 0.0571. The van der Waals surface area contributed by atoms with Gasteiger partial charge in [0.25, 0.3) is 5.91 Å². The van der Waals surface area contributed by atoms with Crippen LogP contribution in [-0.4, -0.2) is 30.4 Å². The van der Waals surface area contributed by atoms with Gasteiger partial charge in [0, 0.05) is 57.0 Å². The lowest BCUT2D eigenvalue weighted by atomic mass is 10.1. The fraction of sp³-hybridized carbons (Fsp3) is 0.107. The molecule has 5 rings (SSSR count). The zero-order valence-electron chi connectivity index (χ0n) is 26.4. The molecule has 0 fully saturated rings. The van der Waals surface area contributed by atoms with Crippen molar-refractivity contribution in [3.05, 3.63) is 108 Å². The molecule has 3 heterocycles. The van der Waals surface area contributed by atoms with E-state index in [1.54, 1.807) is 12.4 Å². The van der Waals surface area contributed by atoms with E-state index in [0.717, 1.165) is 16.9 Å². The van der Waals surface area contributed by atoms with Gasteiger partial charge in [0.05, 0.1) is 23.2 Å². The normalized spacial score (nSPS) is 13.9. The van der Waals surface area contributed by atoms with Gasteiger partial charge < -0.3 is 15.2 Å². The van der Waals surface area contributed by atoms with Gasteiger partial charge in [0.15, 0.2) is 0 Å². The highest BCUT2D eigenvalue weighted by Crippen LogP contribution is 2.24. The molecule has 0 radical (unpaired) electrons. The van der Waals surface area contributed by atoms with E-state index in [-0.39, 0.29) is 40.1 Å². The Balaban J connectivity index is 1.47. The topological polar surface area (TPSA) is 97.6 Å². The molecule has 0 atom stereocenters. The SMILES string of the molecule is [2H]c1nc([2H])c(-c2ccnc(Nc3cc(C(=O)Nc4cc(C)cc(-n5cnc(C)c5)c4)ccc3C([2H])([2H])[2H])n2)c([2H])c1[2H]. The van der Waals surface area contributed by atoms with E-state index >= 15 is 0 Å². The average molecular weight is 483 g/mol. The number of anilines is 3. The van der Waals surface area contributed by atoms with Gasteiger partial charge in [-0.1, -0.05) is 6.07 Å². The largest absolute Gasteiger partial charge is 0.324 e. The van der Waals surface area contributed by atoms with Gasteiger partial charge in [-0.05, 0) is 80.3 Å². The molecule has 0 aliphatic rings. The molecule has 2 aromatic carbocycles. The quantitative estimate of drug-likeness (QED) is 0.325. The first-order chi connectivity index (χ1) is 20.3. The van der Waals surface area contributed by atoms with Crippen molar-refractivity contribution < 1.29 is 14.4 Å². The molecule has 1 amide bonds. The Bertz CT molecular complexity index is 1870. The van der Waals surface area contributed by atoms with E-state index in [1.807, 2.05) is 36.7 Å². The van der Waals surface area contributed by atoms with Crippen molar-refractivity contribution >= 4 is 23.2 Å². The summed E-state index contributed by atoms with van der Waals surface area (Å²) in [5.74, 6) is -0.546. The number of nitrogens with zero attached hydrogens (tertiary/aromatic N) is 5. The highest BCUT2D eigenvalue weighted by Gasteiger charge is 2.12. The maximum Gasteiger partial charge on any atom is 0.255 e. The van der Waals surface area contributed by atoms with Crippen LogP contribution in [0.5, 0.6) is 0 Å². The van der Waals surface area contributed by atoms with E-state index in [4.69, 9.17) is 9.60 Å². The molecular weight excluding hydrogens is 450 g/mol. The van der Waals surface area contributed by atoms with Crippen molar-refractivity contribution in [3.8, 4) is 16.9 Å². The summed E-state index contributed by atoms with van der Waals surface area (Å²) in [4.78, 5) is 29.7. The summed E-state index contributed by atoms with van der Waals surface area (Å²) in [6, 6.07) is 10.3. The predicted octanol–water partition coefficient (Wildman–Crippen LogP) is 5.65. The zero-order chi connectivity index (χ0) is 31.1. The smallest absolute Gasteiger partial charge is 0.255 e. The lowest BCUT2D eigenvalue weighted by molar-refractivity contribution is 0.102. The van der Waals surface area contributed by atoms with Crippen molar-refractivity contribution in [3.63, 3.8) is 0 Å². The van der Waals surface area contributed by atoms with Crippen molar-refractivity contribution in [2.75, 3.05) is 10.6 Å². The van der Waals surface area contributed by atoms with E-state index < -0.39 is 31.1 Å². The lowest BCUT2D eigenvalue weighted by Gasteiger charge is -2.13. The second-order valence-electron chi connectivity index (χ2n) is 8.04. The minimum Gasteiger partial charge on any atom is -0.324 e. The molecule has 0 aliphatic heterocycles. The molecule has 8 heteroatoms. The number of nitrogens with one attached hydrogen (secondary N) is 2. The van der Waals surface area contributed by atoms with Crippen LogP contribution in [0.25, 0.3) is 16.9 Å². The fourth-order valence-electron chi connectivity index (χ4n) is 3.57. The van der Waals surface area contributed by atoms with E-state index in [2.05, 4.69) is 30.6 Å². The molecule has 0 aliphatic carbocycles. The van der Waals surface area contributed by atoms with Gasteiger partial charge in [0.1, 0.15) is 0 Å². The van der Waals surface area contributed by atoms with Crippen LogP contribution in [-0.2, 0) is 0 Å². The summed E-state index contributed by atoms with van der Waals surface area (Å²) >= 11 is 0. The van der Waals surface area contributed by atoms with Crippen LogP contribution in [0.2, 0.25) is 0 Å². The Labute approximate surface area is 219 Å². The maximum atomic E-state index is 13.3. The van der Waals surface area contributed by atoms with E-state index in [0.29, 0.717) is 5.69 Å². The van der Waals surface area contributed by atoms with Gasteiger partial charge in [0.2, 0.25) is 5.95 Å². The van der Waals surface area contributed by atoms with Gasteiger partial charge in [-0.2, -0.15) is 0 Å². The van der Waals surface area contributed by atoms with E-state index in [9.17, 15) is 4.79 Å². The molecule has 0 saturated heterocycles. The van der Waals surface area contributed by atoms with Crippen molar-refractivity contribution in [2.45, 2.75) is 20.7 Å². The van der Waals surface area contributed by atoms with E-state index in [1.165, 1.54) is 30.5 Å². The number of hydrogen-bond acceptors (Lipinski definition) is 6. The van der Waals surface area contributed by atoms with Crippen LogP contribution < -0.4 is 10.6 Å². The molecular formula is C28H25N7O. The maximum absolute atomic E-state index is 13.3. The van der Waals surface area contributed by atoms with Crippen LogP contribution in [0.3, 0.4) is 0 Å². The highest BCUT2D eigenvalue weighted by atomic mass is 16.1. The van der Waals surface area contributed by atoms with Crippen LogP contribution in [0.4, 0.5) is 17.3 Å². The Morgan fingerprint density at radius 1 is 1.11 bits per heavy atom. The summed E-state index contributed by atoms with van der Waals surface area (Å²) < 4.78 is 57.6. The molecule has 2 N–H and O–H groups in total. The fourth-order valence-corrected chi connectivity index (χ4v) is 3.57. The molecule has 0 spiro atoms. The Morgan fingerprint density at radius 2 is 2.03 bits per heavy atom. The first-order valence-electron chi connectivity index (χ1n) is 14.4. The standard InChI is InChI=1S/C28H25N7O/c1-18-11-23(14-24(12-18)35-16-20(3)31-17-35)32-27(36)21-7-6-19(2)26(13-21)34-28-30-10-8-25(33-28)22-5-4-9-29-15-22/h4-17H,1-3H3,(H,32,36)(H,30,33,34)/i2D3,4D,5D,9D,15D. The molecule has 36 heavy (non-hydrogen) atoms. The summed E-state index contributed by atoms with van der Waals surface area (Å²) in [5.41, 5.74) is 3.27. The third-order valence-electron chi connectivity index (χ3n) is 5.24. The third kappa shape index (κ3) is 5.12. The second kappa shape index (κ2) is 9.79. The number of imidazole rings is 1. The molecule has 0 unspecified atom stereocenters. The first kappa shape index (κ1) is 15.9. The third-order valence-corrected chi connectivity index (χ3v) is 5.24. The molecule has 0 saturated carbocycles. The van der Waals surface area contributed by atoms with Gasteiger partial charge in [-0.3, -0.25) is 9.78 Å². The van der Waals surface area contributed by atoms with Crippen LogP contribution in [0, 0.1) is 20.7 Å². The number of rotatable bonds is 6. The number of carbonyl (C=O) groups excluding carboxylic acids is 1. The Morgan fingerprint density at radius 3 is 2.86 bits per heavy atom. The summed E-state index contributed by atoms with van der Waals surface area (Å²) in [7, 11) is 0. The van der Waals surface area contributed by atoms with Crippen molar-refractivity contribution in [2.24, 2.45) is 0 Å². The second-order valence-corrected chi connectivity index (χ2v) is 8.04. The minimum atomic E-state index is -2.54. The van der Waals surface area contributed by atoms with Crippen LogP contribution in [0.15, 0.2) is 85.6 Å². The van der Waals surface area contributed by atoms with Gasteiger partial charge in [-0.25, -0.2) is 15.0 Å². The summed E-state index contributed by atoms with van der Waals surface area (Å²) in [6.45, 7) is 1.24. The molecule has 5 aromatic rings. The monoisotopic (exact) mass is 482 g/mol. The predicted molar refractivity (Wildman–Crippen MR) is 141 cm³/mol. The van der Waals surface area contributed by atoms with Crippen molar-refractivity contribution in [1.29, 1.82) is 0 Å². The number of carbonyl (C=O) groups is 1. The number of benzene rings is 2. The molecule has 8 nitrogen and oxygen atoms in total. The summed E-state index contributed by atoms with van der Waals surface area (Å²) in [6.07, 6.45) is 3.98. The van der Waals surface area contributed by atoms with Crippen LogP contribution in [0.1, 0.15) is 36.8 Å². The molecule has 0 bridgehead atoms. The number of aromatic nitrogens is 5. The number of pyridine rings is 1. The zero-order valence-corrected chi connectivity index (χ0v) is 19.4. The Kier molecular flexibility index (Phi) is 4.34. The van der Waals surface area contributed by atoms with Gasteiger partial charge in [-0.15, -0.1) is 0 Å². The Hall–Kier alpha value is -4.85.